The highest BCUT2D eigenvalue weighted by Crippen LogP contribution is 2.08. The van der Waals surface area contributed by atoms with Crippen molar-refractivity contribution in [1.29, 1.82) is 0 Å². The first-order chi connectivity index (χ1) is 13.3. The second kappa shape index (κ2) is 10.7. The summed E-state index contributed by atoms with van der Waals surface area (Å²) in [6, 6.07) is 10.3. The largest absolute Gasteiger partial charge is 0.379 e. The van der Waals surface area contributed by atoms with E-state index in [1.807, 2.05) is 29.1 Å². The summed E-state index contributed by atoms with van der Waals surface area (Å²) in [5.74, 6) is 0.787. The molecule has 0 aliphatic carbocycles. The number of hydrogen-bond donors (Lipinski definition) is 2. The molecule has 1 saturated heterocycles. The molecule has 7 heteroatoms. The van der Waals surface area contributed by atoms with Crippen molar-refractivity contribution in [3.8, 4) is 0 Å². The molecule has 7 nitrogen and oxygen atoms in total. The quantitative estimate of drug-likeness (QED) is 0.399. The average Bonchev–Trinajstić information content (AvgIpc) is 3.37. The van der Waals surface area contributed by atoms with Gasteiger partial charge in [0, 0.05) is 45.1 Å². The Morgan fingerprint density at radius 1 is 1.30 bits per heavy atom. The van der Waals surface area contributed by atoms with Gasteiger partial charge in [0.05, 0.1) is 25.5 Å². The molecule has 3 rings (SSSR count). The van der Waals surface area contributed by atoms with Crippen molar-refractivity contribution in [2.24, 2.45) is 4.99 Å². The van der Waals surface area contributed by atoms with E-state index in [-0.39, 0.29) is 6.10 Å². The summed E-state index contributed by atoms with van der Waals surface area (Å²) in [6.45, 7) is 4.57. The fraction of sp³-hybridized carbons (Fsp3) is 0.500. The summed E-state index contributed by atoms with van der Waals surface area (Å²) in [4.78, 5) is 4.26. The maximum absolute atomic E-state index is 5.76. The predicted octanol–water partition coefficient (Wildman–Crippen LogP) is 1.79. The minimum Gasteiger partial charge on any atom is -0.379 e. The van der Waals surface area contributed by atoms with Gasteiger partial charge in [0.2, 0.25) is 0 Å². The lowest BCUT2D eigenvalue weighted by Crippen LogP contribution is -2.37. The molecule has 0 saturated carbocycles. The van der Waals surface area contributed by atoms with Crippen LogP contribution >= 0.6 is 0 Å². The minimum atomic E-state index is 0.273. The summed E-state index contributed by atoms with van der Waals surface area (Å²) >= 11 is 0. The first-order valence-corrected chi connectivity index (χ1v) is 9.52. The zero-order valence-electron chi connectivity index (χ0n) is 15.9. The zero-order chi connectivity index (χ0) is 18.7. The van der Waals surface area contributed by atoms with Gasteiger partial charge in [-0.1, -0.05) is 30.3 Å². The molecule has 146 valence electrons. The van der Waals surface area contributed by atoms with Gasteiger partial charge in [0.15, 0.2) is 5.96 Å². The van der Waals surface area contributed by atoms with Crippen LogP contribution < -0.4 is 10.6 Å². The molecule has 1 atom stereocenters. The van der Waals surface area contributed by atoms with E-state index in [0.717, 1.165) is 57.3 Å². The van der Waals surface area contributed by atoms with Gasteiger partial charge in [0.25, 0.3) is 0 Å². The van der Waals surface area contributed by atoms with Crippen molar-refractivity contribution in [3.63, 3.8) is 0 Å². The van der Waals surface area contributed by atoms with Crippen LogP contribution in [0.25, 0.3) is 0 Å². The van der Waals surface area contributed by atoms with Gasteiger partial charge in [-0.3, -0.25) is 9.67 Å². The highest BCUT2D eigenvalue weighted by Gasteiger charge is 2.15. The number of benzene rings is 1. The number of aromatic nitrogens is 2. The third-order valence-corrected chi connectivity index (χ3v) is 4.41. The molecule has 1 aliphatic heterocycles. The van der Waals surface area contributed by atoms with Crippen molar-refractivity contribution >= 4 is 5.96 Å². The number of aliphatic imine (C=N–C) groups is 1. The molecule has 0 bridgehead atoms. The van der Waals surface area contributed by atoms with Crippen LogP contribution in [0, 0.1) is 0 Å². The highest BCUT2D eigenvalue weighted by molar-refractivity contribution is 5.79. The third kappa shape index (κ3) is 6.69. The second-order valence-corrected chi connectivity index (χ2v) is 6.59. The first kappa shape index (κ1) is 19.4. The topological polar surface area (TPSA) is 72.7 Å². The molecule has 0 spiro atoms. The standard InChI is InChI=1S/C20H29N5O2/c1-21-20(22-9-5-10-27-19-8-11-26-16-19)23-12-18-13-24-25(15-18)14-17-6-3-2-4-7-17/h2-4,6-7,13,15,19H,5,8-12,14,16H2,1H3,(H2,21,22,23). The lowest BCUT2D eigenvalue weighted by molar-refractivity contribution is 0.0420. The summed E-state index contributed by atoms with van der Waals surface area (Å²) < 4.78 is 13.0. The van der Waals surface area contributed by atoms with Crippen molar-refractivity contribution < 1.29 is 9.47 Å². The van der Waals surface area contributed by atoms with Crippen molar-refractivity contribution in [2.45, 2.75) is 32.0 Å². The van der Waals surface area contributed by atoms with E-state index in [2.05, 4.69) is 39.1 Å². The number of ether oxygens (including phenoxy) is 2. The van der Waals surface area contributed by atoms with Gasteiger partial charge in [-0.2, -0.15) is 5.10 Å². The molecule has 2 N–H and O–H groups in total. The van der Waals surface area contributed by atoms with Gasteiger partial charge in [-0.25, -0.2) is 0 Å². The normalized spacial score (nSPS) is 17.2. The number of guanidine groups is 1. The SMILES string of the molecule is CN=C(NCCCOC1CCOC1)NCc1cnn(Cc2ccccc2)c1. The van der Waals surface area contributed by atoms with Gasteiger partial charge in [0.1, 0.15) is 0 Å². The van der Waals surface area contributed by atoms with Crippen molar-refractivity contribution in [2.75, 3.05) is 33.4 Å². The van der Waals surface area contributed by atoms with Crippen LogP contribution in [0.4, 0.5) is 0 Å². The summed E-state index contributed by atoms with van der Waals surface area (Å²) in [5, 5.41) is 11.1. The van der Waals surface area contributed by atoms with E-state index in [4.69, 9.17) is 9.47 Å². The summed E-state index contributed by atoms with van der Waals surface area (Å²) in [6.07, 6.45) is 6.17. The second-order valence-electron chi connectivity index (χ2n) is 6.59. The Morgan fingerprint density at radius 3 is 2.96 bits per heavy atom. The van der Waals surface area contributed by atoms with Crippen LogP contribution in [0.3, 0.4) is 0 Å². The number of hydrogen-bond acceptors (Lipinski definition) is 4. The Morgan fingerprint density at radius 2 is 2.19 bits per heavy atom. The lowest BCUT2D eigenvalue weighted by atomic mass is 10.2. The monoisotopic (exact) mass is 371 g/mol. The van der Waals surface area contributed by atoms with Crippen LogP contribution in [0.2, 0.25) is 0 Å². The number of nitrogens with one attached hydrogen (secondary N) is 2. The molecule has 1 aromatic carbocycles. The van der Waals surface area contributed by atoms with Crippen molar-refractivity contribution in [3.05, 3.63) is 53.9 Å². The third-order valence-electron chi connectivity index (χ3n) is 4.41. The van der Waals surface area contributed by atoms with Gasteiger partial charge < -0.3 is 20.1 Å². The van der Waals surface area contributed by atoms with E-state index in [0.29, 0.717) is 6.54 Å². The van der Waals surface area contributed by atoms with Crippen LogP contribution in [-0.4, -0.2) is 55.3 Å². The predicted molar refractivity (Wildman–Crippen MR) is 106 cm³/mol. The Bertz CT molecular complexity index is 695. The molecule has 27 heavy (non-hydrogen) atoms. The first-order valence-electron chi connectivity index (χ1n) is 9.52. The van der Waals surface area contributed by atoms with Crippen LogP contribution in [0.5, 0.6) is 0 Å². The van der Waals surface area contributed by atoms with E-state index < -0.39 is 0 Å². The molecular formula is C20H29N5O2. The fourth-order valence-electron chi connectivity index (χ4n) is 2.93. The van der Waals surface area contributed by atoms with E-state index >= 15 is 0 Å². The Hall–Kier alpha value is -2.38. The molecule has 2 aromatic rings. The van der Waals surface area contributed by atoms with E-state index in [9.17, 15) is 0 Å². The molecule has 1 unspecified atom stereocenters. The van der Waals surface area contributed by atoms with Crippen molar-refractivity contribution in [1.82, 2.24) is 20.4 Å². The molecule has 0 amide bonds. The average molecular weight is 371 g/mol. The fourth-order valence-corrected chi connectivity index (χ4v) is 2.93. The molecule has 2 heterocycles. The zero-order valence-corrected chi connectivity index (χ0v) is 15.9. The number of nitrogens with zero attached hydrogens (tertiary/aromatic N) is 3. The van der Waals surface area contributed by atoms with Crippen LogP contribution in [0.15, 0.2) is 47.7 Å². The maximum atomic E-state index is 5.76. The molecule has 1 aromatic heterocycles. The van der Waals surface area contributed by atoms with Gasteiger partial charge >= 0.3 is 0 Å². The van der Waals surface area contributed by atoms with E-state index in [1.165, 1.54) is 5.56 Å². The number of rotatable bonds is 9. The van der Waals surface area contributed by atoms with Crippen LogP contribution in [-0.2, 0) is 22.6 Å². The highest BCUT2D eigenvalue weighted by atomic mass is 16.5. The minimum absolute atomic E-state index is 0.273. The van der Waals surface area contributed by atoms with Gasteiger partial charge in [-0.15, -0.1) is 0 Å². The molecule has 1 fully saturated rings. The van der Waals surface area contributed by atoms with Gasteiger partial charge in [-0.05, 0) is 18.4 Å². The summed E-state index contributed by atoms with van der Waals surface area (Å²) in [5.41, 5.74) is 2.36. The lowest BCUT2D eigenvalue weighted by Gasteiger charge is -2.12. The molecular weight excluding hydrogens is 342 g/mol. The van der Waals surface area contributed by atoms with E-state index in [1.54, 1.807) is 7.05 Å². The molecule has 1 aliphatic rings. The maximum Gasteiger partial charge on any atom is 0.191 e. The Labute approximate surface area is 160 Å². The Kier molecular flexibility index (Phi) is 7.68. The summed E-state index contributed by atoms with van der Waals surface area (Å²) in [7, 11) is 1.78. The smallest absolute Gasteiger partial charge is 0.191 e. The van der Waals surface area contributed by atoms with Crippen LogP contribution in [0.1, 0.15) is 24.0 Å². The Balaban J connectivity index is 1.33. The molecule has 0 radical (unpaired) electrons.